The highest BCUT2D eigenvalue weighted by Gasteiger charge is 2.47. The molecule has 0 radical (unpaired) electrons. The first-order chi connectivity index (χ1) is 35.7. The molecule has 11 nitrogen and oxygen atoms in total. The van der Waals surface area contributed by atoms with Gasteiger partial charge in [-0.3, -0.25) is 9.59 Å². The lowest BCUT2D eigenvalue weighted by Crippen LogP contribution is -2.61. The van der Waals surface area contributed by atoms with Gasteiger partial charge in [-0.25, -0.2) is 0 Å². The number of aliphatic hydroxyl groups excluding tert-OH is 5. The van der Waals surface area contributed by atoms with Crippen molar-refractivity contribution in [1.82, 2.24) is 5.32 Å². The molecule has 1 rings (SSSR count). The van der Waals surface area contributed by atoms with Crippen LogP contribution in [-0.4, -0.2) is 99.6 Å². The van der Waals surface area contributed by atoms with Crippen LogP contribution in [0.25, 0.3) is 0 Å². The smallest absolute Gasteiger partial charge is 0.306 e. The minimum absolute atomic E-state index is 0.0619. The third kappa shape index (κ3) is 37.4. The van der Waals surface area contributed by atoms with E-state index in [1.54, 1.807) is 6.08 Å². The number of ether oxygens (including phenoxy) is 3. The van der Waals surface area contributed by atoms with Gasteiger partial charge in [-0.15, -0.1) is 0 Å². The summed E-state index contributed by atoms with van der Waals surface area (Å²) < 4.78 is 17.5. The maximum atomic E-state index is 13.4. The lowest BCUT2D eigenvalue weighted by atomic mass is 9.99. The first-order valence-electron chi connectivity index (χ1n) is 28.4. The number of allylic oxidation sites excluding steroid dienone is 19. The molecule has 0 aromatic carbocycles. The van der Waals surface area contributed by atoms with E-state index >= 15 is 0 Å². The van der Waals surface area contributed by atoms with Gasteiger partial charge in [0.1, 0.15) is 24.4 Å². The number of unbranched alkanes of at least 4 members (excludes halogenated alkanes) is 18. The molecule has 1 aliphatic heterocycles. The number of amides is 1. The van der Waals surface area contributed by atoms with Crippen LogP contribution in [0.4, 0.5) is 0 Å². The molecule has 0 saturated carbocycles. The molecule has 1 aliphatic rings. The molecule has 6 N–H and O–H groups in total. The Bertz CT molecular complexity index is 1640. The van der Waals surface area contributed by atoms with E-state index in [1.165, 1.54) is 57.8 Å². The summed E-state index contributed by atoms with van der Waals surface area (Å²) in [5.74, 6) is -1.28. The molecule has 0 spiro atoms. The second-order valence-electron chi connectivity index (χ2n) is 19.1. The van der Waals surface area contributed by atoms with Crippen LogP contribution in [0.5, 0.6) is 0 Å². The van der Waals surface area contributed by atoms with Crippen LogP contribution in [0, 0.1) is 0 Å². The number of rotatable bonds is 45. The summed E-state index contributed by atoms with van der Waals surface area (Å²) in [6.07, 6.45) is 56.6. The third-order valence-electron chi connectivity index (χ3n) is 12.5. The van der Waals surface area contributed by atoms with Gasteiger partial charge in [0.15, 0.2) is 12.4 Å². The third-order valence-corrected chi connectivity index (χ3v) is 12.5. The van der Waals surface area contributed by atoms with Gasteiger partial charge in [-0.2, -0.15) is 0 Å². The van der Waals surface area contributed by atoms with Crippen molar-refractivity contribution in [3.05, 3.63) is 122 Å². The van der Waals surface area contributed by atoms with Gasteiger partial charge in [-0.1, -0.05) is 226 Å². The SMILES string of the molecule is CC\C=C/C=C/C=C/C=C\C=C\C=C\CCCCCC(=O)OC1C(OCC(NC(=O)C(O)CCCCC/C=C\C/C=C\C/C=C\CCCCC)C(O)/C=C/CCCCCCCCCCC)OC(CO)C(O)C1O. The van der Waals surface area contributed by atoms with E-state index in [0.29, 0.717) is 12.8 Å². The first kappa shape index (κ1) is 67.1. The van der Waals surface area contributed by atoms with Gasteiger partial charge in [0.25, 0.3) is 0 Å². The summed E-state index contributed by atoms with van der Waals surface area (Å²) >= 11 is 0. The molecule has 1 heterocycles. The van der Waals surface area contributed by atoms with Crippen LogP contribution in [0.1, 0.15) is 194 Å². The zero-order chi connectivity index (χ0) is 53.3. The maximum Gasteiger partial charge on any atom is 0.306 e. The Morgan fingerprint density at radius 3 is 1.63 bits per heavy atom. The molecular formula is C62H101NO10. The Morgan fingerprint density at radius 2 is 1.04 bits per heavy atom. The fraction of sp³-hybridized carbons (Fsp3) is 0.645. The Balaban J connectivity index is 2.79. The van der Waals surface area contributed by atoms with Crippen LogP contribution in [0.15, 0.2) is 122 Å². The molecule has 73 heavy (non-hydrogen) atoms. The van der Waals surface area contributed by atoms with Crippen LogP contribution >= 0.6 is 0 Å². The molecule has 8 unspecified atom stereocenters. The number of hydrogen-bond donors (Lipinski definition) is 6. The summed E-state index contributed by atoms with van der Waals surface area (Å²) in [6.45, 7) is 5.53. The van der Waals surface area contributed by atoms with Crippen molar-refractivity contribution in [2.24, 2.45) is 0 Å². The van der Waals surface area contributed by atoms with E-state index in [0.717, 1.165) is 89.9 Å². The molecule has 0 aromatic rings. The lowest BCUT2D eigenvalue weighted by Gasteiger charge is -2.41. The number of carbonyl (C=O) groups excluding carboxylic acids is 2. The largest absolute Gasteiger partial charge is 0.454 e. The van der Waals surface area contributed by atoms with Gasteiger partial charge in [0.05, 0.1) is 25.4 Å². The van der Waals surface area contributed by atoms with Gasteiger partial charge in [0.2, 0.25) is 5.91 Å². The van der Waals surface area contributed by atoms with Crippen LogP contribution in [-0.2, 0) is 23.8 Å². The second kappa shape index (κ2) is 49.0. The van der Waals surface area contributed by atoms with E-state index in [4.69, 9.17) is 14.2 Å². The maximum absolute atomic E-state index is 13.4. The summed E-state index contributed by atoms with van der Waals surface area (Å²) in [6, 6.07) is -1.05. The lowest BCUT2D eigenvalue weighted by molar-refractivity contribution is -0.305. The molecule has 0 aromatic heterocycles. The van der Waals surface area contributed by atoms with Crippen molar-refractivity contribution in [2.75, 3.05) is 13.2 Å². The van der Waals surface area contributed by atoms with Crippen molar-refractivity contribution in [3.8, 4) is 0 Å². The fourth-order valence-electron chi connectivity index (χ4n) is 7.98. The molecular weight excluding hydrogens is 919 g/mol. The molecule has 1 saturated heterocycles. The number of nitrogens with one attached hydrogen (secondary N) is 1. The highest BCUT2D eigenvalue weighted by Crippen LogP contribution is 2.26. The molecule has 8 atom stereocenters. The monoisotopic (exact) mass is 1020 g/mol. The average molecular weight is 1020 g/mol. The highest BCUT2D eigenvalue weighted by atomic mass is 16.7. The van der Waals surface area contributed by atoms with Gasteiger partial charge >= 0.3 is 5.97 Å². The molecule has 414 valence electrons. The van der Waals surface area contributed by atoms with Gasteiger partial charge < -0.3 is 45.1 Å². The van der Waals surface area contributed by atoms with Crippen LogP contribution in [0.2, 0.25) is 0 Å². The quantitative estimate of drug-likeness (QED) is 0.0149. The van der Waals surface area contributed by atoms with Crippen LogP contribution < -0.4 is 5.32 Å². The molecule has 1 amide bonds. The fourth-order valence-corrected chi connectivity index (χ4v) is 7.98. The van der Waals surface area contributed by atoms with Crippen molar-refractivity contribution in [3.63, 3.8) is 0 Å². The highest BCUT2D eigenvalue weighted by molar-refractivity contribution is 5.80. The predicted octanol–water partition coefficient (Wildman–Crippen LogP) is 12.7. The minimum atomic E-state index is -1.64. The van der Waals surface area contributed by atoms with E-state index in [9.17, 15) is 35.1 Å². The Kier molecular flexibility index (Phi) is 45.0. The topological polar surface area (TPSA) is 175 Å². The second-order valence-corrected chi connectivity index (χ2v) is 19.1. The van der Waals surface area contributed by atoms with Gasteiger partial charge in [-0.05, 0) is 83.5 Å². The van der Waals surface area contributed by atoms with E-state index < -0.39 is 67.4 Å². The number of hydrogen-bond acceptors (Lipinski definition) is 10. The van der Waals surface area contributed by atoms with E-state index in [-0.39, 0.29) is 19.4 Å². The zero-order valence-corrected chi connectivity index (χ0v) is 45.4. The molecule has 1 fully saturated rings. The number of esters is 1. The predicted molar refractivity (Wildman–Crippen MR) is 301 cm³/mol. The molecule has 0 bridgehead atoms. The zero-order valence-electron chi connectivity index (χ0n) is 45.4. The van der Waals surface area contributed by atoms with Crippen molar-refractivity contribution >= 4 is 11.9 Å². The number of carbonyl (C=O) groups is 2. The van der Waals surface area contributed by atoms with Crippen LogP contribution in [0.3, 0.4) is 0 Å². The average Bonchev–Trinajstić information content (AvgIpc) is 3.39. The Morgan fingerprint density at radius 1 is 0.562 bits per heavy atom. The standard InChI is InChI=1S/C62H101NO10/c1-4-7-10-13-16-19-22-24-26-28-30-32-35-38-41-44-47-50-57(67)73-60-59(69)58(68)56(51-64)72-62(60)71-52-53(54(65)48-45-42-39-36-33-21-18-15-12-9-6-3)63-61(70)55(66)49-46-43-40-37-34-31-29-27-25-23-20-17-14-11-8-5-2/h7,10,13,16-17,19-20,22,24-28,30-32,34-35,45,48,53-56,58-60,62,64-66,68-69H,4-6,8-9,11-12,14-15,18,21,23,29,33,36-44,46-47,49-52H2,1-3H3,(H,63,70)/b10-7-,16-13+,20-17-,22-19+,26-24-,27-25-,30-28+,34-31-,35-32+,48-45+. The number of aliphatic hydroxyl groups is 5. The van der Waals surface area contributed by atoms with E-state index in [2.05, 4.69) is 74.7 Å². The van der Waals surface area contributed by atoms with Crippen molar-refractivity contribution in [1.29, 1.82) is 0 Å². The Hall–Kier alpha value is -3.94. The summed E-state index contributed by atoms with van der Waals surface area (Å²) in [5, 5.41) is 56.7. The summed E-state index contributed by atoms with van der Waals surface area (Å²) in [4.78, 5) is 26.4. The summed E-state index contributed by atoms with van der Waals surface area (Å²) in [5.41, 5.74) is 0. The molecule has 0 aliphatic carbocycles. The summed E-state index contributed by atoms with van der Waals surface area (Å²) in [7, 11) is 0. The van der Waals surface area contributed by atoms with E-state index in [1.807, 2.05) is 66.8 Å². The normalized spacial score (nSPS) is 20.4. The first-order valence-corrected chi connectivity index (χ1v) is 28.4. The Labute approximate surface area is 442 Å². The van der Waals surface area contributed by atoms with Crippen molar-refractivity contribution < 1.29 is 49.3 Å². The minimum Gasteiger partial charge on any atom is -0.454 e. The molecule has 11 heteroatoms. The van der Waals surface area contributed by atoms with Crippen molar-refractivity contribution in [2.45, 2.75) is 243 Å². The van der Waals surface area contributed by atoms with Gasteiger partial charge in [0, 0.05) is 6.42 Å².